The second-order valence-electron chi connectivity index (χ2n) is 7.32. The number of anilines is 1. The molecule has 0 spiro atoms. The van der Waals surface area contributed by atoms with Gasteiger partial charge in [0, 0.05) is 7.05 Å². The molecule has 0 aliphatic heterocycles. The normalized spacial score (nSPS) is 10.5. The number of amides is 1. The Balaban J connectivity index is 1.62. The van der Waals surface area contributed by atoms with E-state index in [0.717, 1.165) is 12.2 Å². The Morgan fingerprint density at radius 2 is 1.71 bits per heavy atom. The first kappa shape index (κ1) is 25.8. The topological polar surface area (TPSA) is 122 Å². The van der Waals surface area contributed by atoms with Crippen molar-refractivity contribution in [2.24, 2.45) is 7.05 Å². The molecule has 35 heavy (non-hydrogen) atoms. The number of carbonyl (C=O) groups is 3. The zero-order chi connectivity index (χ0) is 25.4. The average molecular weight is 499 g/mol. The lowest BCUT2D eigenvalue weighted by Gasteiger charge is -2.11. The lowest BCUT2D eigenvalue weighted by Crippen LogP contribution is -2.18. The molecule has 1 amide bonds. The molecule has 1 N–H and O–H groups in total. The van der Waals surface area contributed by atoms with E-state index in [-0.39, 0.29) is 29.2 Å². The van der Waals surface area contributed by atoms with Crippen molar-refractivity contribution in [3.05, 3.63) is 65.0 Å². The largest absolute Gasteiger partial charge is 0.486 e. The Labute approximate surface area is 207 Å². The van der Waals surface area contributed by atoms with Crippen LogP contribution in [0, 0.1) is 0 Å². The molecule has 0 bridgehead atoms. The molecule has 0 fully saturated rings. The van der Waals surface area contributed by atoms with Gasteiger partial charge >= 0.3 is 11.9 Å². The van der Waals surface area contributed by atoms with Gasteiger partial charge in [0.1, 0.15) is 12.4 Å². The van der Waals surface area contributed by atoms with Crippen molar-refractivity contribution in [3.8, 4) is 5.75 Å². The summed E-state index contributed by atoms with van der Waals surface area (Å²) in [7, 11) is 4.26. The number of hydrogen-bond donors (Lipinski definition) is 1. The van der Waals surface area contributed by atoms with Crippen molar-refractivity contribution in [1.29, 1.82) is 0 Å². The number of hydrogen-bond acceptors (Lipinski definition) is 9. The third-order valence-electron chi connectivity index (χ3n) is 5.08. The maximum atomic E-state index is 12.6. The van der Waals surface area contributed by atoms with E-state index in [1.165, 1.54) is 49.7 Å². The van der Waals surface area contributed by atoms with Crippen LogP contribution >= 0.6 is 11.8 Å². The Kier molecular flexibility index (Phi) is 8.85. The Bertz CT molecular complexity index is 1210. The highest BCUT2D eigenvalue weighted by Gasteiger charge is 2.18. The van der Waals surface area contributed by atoms with Crippen LogP contribution in [0.4, 0.5) is 5.69 Å². The summed E-state index contributed by atoms with van der Waals surface area (Å²) in [6.45, 7) is 2.32. The molecule has 184 valence electrons. The van der Waals surface area contributed by atoms with Gasteiger partial charge < -0.3 is 24.1 Å². The Morgan fingerprint density at radius 3 is 2.37 bits per heavy atom. The van der Waals surface area contributed by atoms with E-state index >= 15 is 0 Å². The van der Waals surface area contributed by atoms with Crippen molar-refractivity contribution in [3.63, 3.8) is 0 Å². The number of aryl methyl sites for hydroxylation is 1. The van der Waals surface area contributed by atoms with Crippen molar-refractivity contribution < 1.29 is 28.6 Å². The summed E-state index contributed by atoms with van der Waals surface area (Å²) in [5, 5.41) is 11.4. The first-order valence-corrected chi connectivity index (χ1v) is 11.7. The van der Waals surface area contributed by atoms with Gasteiger partial charge in [-0.1, -0.05) is 30.8 Å². The molecular formula is C24H26N4O6S. The molecule has 0 aliphatic carbocycles. The van der Waals surface area contributed by atoms with Gasteiger partial charge in [0.25, 0.3) is 0 Å². The monoisotopic (exact) mass is 498 g/mol. The molecule has 0 saturated heterocycles. The number of rotatable bonds is 10. The maximum Gasteiger partial charge on any atom is 0.339 e. The van der Waals surface area contributed by atoms with Gasteiger partial charge in [-0.3, -0.25) is 4.79 Å². The van der Waals surface area contributed by atoms with Crippen LogP contribution in [0.2, 0.25) is 0 Å². The summed E-state index contributed by atoms with van der Waals surface area (Å²) in [6.07, 6.45) is 0.957. The molecule has 3 rings (SSSR count). The zero-order valence-corrected chi connectivity index (χ0v) is 20.7. The SMILES string of the molecule is CCc1ccc(OCc2nnc(SCC(=O)Nc3cc(C(=O)OC)ccc3C(=O)OC)n2C)cc1. The average Bonchev–Trinajstić information content (AvgIpc) is 3.24. The van der Waals surface area contributed by atoms with Gasteiger partial charge in [-0.05, 0) is 42.3 Å². The highest BCUT2D eigenvalue weighted by atomic mass is 32.2. The van der Waals surface area contributed by atoms with Crippen LogP contribution in [0.3, 0.4) is 0 Å². The van der Waals surface area contributed by atoms with Crippen LogP contribution in [0.15, 0.2) is 47.6 Å². The molecule has 11 heteroatoms. The fourth-order valence-electron chi connectivity index (χ4n) is 3.06. The van der Waals surface area contributed by atoms with Crippen LogP contribution in [0.25, 0.3) is 0 Å². The minimum absolute atomic E-state index is 0.00558. The smallest absolute Gasteiger partial charge is 0.339 e. The number of carbonyl (C=O) groups excluding carboxylic acids is 3. The second kappa shape index (κ2) is 12.0. The summed E-state index contributed by atoms with van der Waals surface area (Å²) in [6, 6.07) is 12.0. The van der Waals surface area contributed by atoms with Gasteiger partial charge in [0.15, 0.2) is 11.0 Å². The second-order valence-corrected chi connectivity index (χ2v) is 8.27. The molecule has 3 aromatic rings. The molecule has 1 aromatic heterocycles. The fourth-order valence-corrected chi connectivity index (χ4v) is 3.79. The van der Waals surface area contributed by atoms with Crippen molar-refractivity contribution in [2.75, 3.05) is 25.3 Å². The number of ether oxygens (including phenoxy) is 3. The highest BCUT2D eigenvalue weighted by Crippen LogP contribution is 2.22. The van der Waals surface area contributed by atoms with Gasteiger partial charge in [-0.25, -0.2) is 9.59 Å². The maximum absolute atomic E-state index is 12.6. The lowest BCUT2D eigenvalue weighted by atomic mass is 10.1. The minimum atomic E-state index is -0.647. The van der Waals surface area contributed by atoms with E-state index in [9.17, 15) is 14.4 Å². The van der Waals surface area contributed by atoms with Crippen LogP contribution in [0.1, 0.15) is 39.0 Å². The van der Waals surface area contributed by atoms with Gasteiger partial charge in [-0.2, -0.15) is 0 Å². The number of thioether (sulfide) groups is 1. The van der Waals surface area contributed by atoms with E-state index in [2.05, 4.69) is 22.4 Å². The van der Waals surface area contributed by atoms with Crippen LogP contribution in [-0.2, 0) is 34.3 Å². The highest BCUT2D eigenvalue weighted by molar-refractivity contribution is 7.99. The number of esters is 2. The van der Waals surface area contributed by atoms with E-state index in [4.69, 9.17) is 14.2 Å². The predicted molar refractivity (Wildman–Crippen MR) is 130 cm³/mol. The Hall–Kier alpha value is -3.86. The molecule has 0 saturated carbocycles. The number of methoxy groups -OCH3 is 2. The van der Waals surface area contributed by atoms with E-state index in [1.54, 1.807) is 11.6 Å². The molecule has 2 aromatic carbocycles. The van der Waals surface area contributed by atoms with E-state index in [0.29, 0.717) is 11.0 Å². The molecule has 10 nitrogen and oxygen atoms in total. The van der Waals surface area contributed by atoms with Crippen LogP contribution < -0.4 is 10.1 Å². The van der Waals surface area contributed by atoms with E-state index < -0.39 is 17.8 Å². The standard InChI is InChI=1S/C24H26N4O6S/c1-5-15-6-9-17(10-7-15)34-13-20-26-27-24(28(20)2)35-14-21(29)25-19-12-16(22(30)32-3)8-11-18(19)23(31)33-4/h6-12H,5,13-14H2,1-4H3,(H,25,29). The summed E-state index contributed by atoms with van der Waals surface area (Å²) in [5.41, 5.74) is 1.67. The molecule has 0 radical (unpaired) electrons. The zero-order valence-electron chi connectivity index (χ0n) is 19.9. The number of benzene rings is 2. The lowest BCUT2D eigenvalue weighted by molar-refractivity contribution is -0.113. The molecule has 0 aliphatic rings. The fraction of sp³-hybridized carbons (Fsp3) is 0.292. The summed E-state index contributed by atoms with van der Waals surface area (Å²) in [4.78, 5) is 36.5. The van der Waals surface area contributed by atoms with Crippen LogP contribution in [0.5, 0.6) is 5.75 Å². The van der Waals surface area contributed by atoms with Crippen molar-refractivity contribution >= 4 is 35.3 Å². The summed E-state index contributed by atoms with van der Waals surface area (Å²) < 4.78 is 17.0. The van der Waals surface area contributed by atoms with Crippen LogP contribution in [-0.4, -0.2) is 52.6 Å². The van der Waals surface area contributed by atoms with E-state index in [1.807, 2.05) is 24.3 Å². The first-order chi connectivity index (χ1) is 16.9. The predicted octanol–water partition coefficient (Wildman–Crippen LogP) is 3.26. The van der Waals surface area contributed by atoms with Gasteiger partial charge in [0.05, 0.1) is 36.8 Å². The third kappa shape index (κ3) is 6.60. The Morgan fingerprint density at radius 1 is 1.00 bits per heavy atom. The molecule has 0 atom stereocenters. The molecule has 0 unspecified atom stereocenters. The summed E-state index contributed by atoms with van der Waals surface area (Å²) >= 11 is 1.17. The van der Waals surface area contributed by atoms with Crippen molar-refractivity contribution in [2.45, 2.75) is 25.1 Å². The summed E-state index contributed by atoms with van der Waals surface area (Å²) in [5.74, 6) is -0.318. The third-order valence-corrected chi connectivity index (χ3v) is 6.10. The number of nitrogens with zero attached hydrogens (tertiary/aromatic N) is 3. The quantitative estimate of drug-likeness (QED) is 0.331. The molecular weight excluding hydrogens is 472 g/mol. The first-order valence-electron chi connectivity index (χ1n) is 10.7. The molecule has 1 heterocycles. The van der Waals surface area contributed by atoms with Gasteiger partial charge in [0.2, 0.25) is 5.91 Å². The van der Waals surface area contributed by atoms with Gasteiger partial charge in [-0.15, -0.1) is 10.2 Å². The number of aromatic nitrogens is 3. The number of nitrogens with one attached hydrogen (secondary N) is 1. The van der Waals surface area contributed by atoms with Crippen molar-refractivity contribution in [1.82, 2.24) is 14.8 Å². The minimum Gasteiger partial charge on any atom is -0.486 e.